The van der Waals surface area contributed by atoms with E-state index in [0.717, 1.165) is 4.90 Å². The Bertz CT molecular complexity index is 288. The maximum Gasteiger partial charge on any atom is 0.324 e. The van der Waals surface area contributed by atoms with Gasteiger partial charge in [-0.05, 0) is 6.92 Å². The van der Waals surface area contributed by atoms with Crippen LogP contribution < -0.4 is 11.1 Å². The highest BCUT2D eigenvalue weighted by molar-refractivity contribution is 6.02. The van der Waals surface area contributed by atoms with Crippen LogP contribution in [0.3, 0.4) is 0 Å². The van der Waals surface area contributed by atoms with Gasteiger partial charge < -0.3 is 15.8 Å². The van der Waals surface area contributed by atoms with E-state index in [1.807, 2.05) is 0 Å². The van der Waals surface area contributed by atoms with Gasteiger partial charge in [0.25, 0.3) is 0 Å². The van der Waals surface area contributed by atoms with Gasteiger partial charge in [-0.2, -0.15) is 0 Å². The molecule has 84 valence electrons. The second kappa shape index (κ2) is 4.26. The Balaban J connectivity index is 2.75. The van der Waals surface area contributed by atoms with Crippen LogP contribution in [0.4, 0.5) is 4.79 Å². The highest BCUT2D eigenvalue weighted by Crippen LogP contribution is 2.09. The van der Waals surface area contributed by atoms with E-state index in [9.17, 15) is 14.4 Å². The van der Waals surface area contributed by atoms with Crippen molar-refractivity contribution in [3.63, 3.8) is 0 Å². The van der Waals surface area contributed by atoms with Crippen LogP contribution in [-0.2, 0) is 14.3 Å². The van der Waals surface area contributed by atoms with Gasteiger partial charge in [-0.3, -0.25) is 14.5 Å². The average Bonchev–Trinajstić information content (AvgIpc) is 2.55. The first-order valence-electron chi connectivity index (χ1n) is 4.42. The number of nitrogens with zero attached hydrogens (tertiary/aromatic N) is 1. The van der Waals surface area contributed by atoms with E-state index < -0.39 is 30.0 Å². The summed E-state index contributed by atoms with van der Waals surface area (Å²) in [6.45, 7) is 1.46. The van der Waals surface area contributed by atoms with Crippen LogP contribution in [0, 0.1) is 0 Å². The molecule has 2 atom stereocenters. The Kier molecular flexibility index (Phi) is 3.25. The number of hydrogen-bond donors (Lipinski definition) is 2. The van der Waals surface area contributed by atoms with Crippen molar-refractivity contribution in [3.8, 4) is 0 Å². The van der Waals surface area contributed by atoms with Crippen LogP contribution >= 0.6 is 0 Å². The number of carbonyl (C=O) groups excluding carboxylic acids is 3. The second-order valence-corrected chi connectivity index (χ2v) is 3.21. The number of hydrogen-bond acceptors (Lipinski definition) is 5. The second-order valence-electron chi connectivity index (χ2n) is 3.21. The summed E-state index contributed by atoms with van der Waals surface area (Å²) < 4.78 is 4.43. The first-order chi connectivity index (χ1) is 6.99. The van der Waals surface area contributed by atoms with Crippen LogP contribution in [0.2, 0.25) is 0 Å². The molecule has 3 N–H and O–H groups in total. The smallest absolute Gasteiger partial charge is 0.324 e. The molecule has 0 aromatic heterocycles. The molecule has 1 saturated heterocycles. The predicted octanol–water partition coefficient (Wildman–Crippen LogP) is -1.57. The Morgan fingerprint density at radius 2 is 2.20 bits per heavy atom. The molecule has 3 amide bonds. The van der Waals surface area contributed by atoms with E-state index >= 15 is 0 Å². The van der Waals surface area contributed by atoms with Crippen molar-refractivity contribution in [2.45, 2.75) is 19.0 Å². The molecule has 15 heavy (non-hydrogen) atoms. The van der Waals surface area contributed by atoms with Crippen LogP contribution in [0.15, 0.2) is 0 Å². The van der Waals surface area contributed by atoms with Gasteiger partial charge in [-0.25, -0.2) is 4.79 Å². The van der Waals surface area contributed by atoms with Gasteiger partial charge >= 0.3 is 12.0 Å². The lowest BCUT2D eigenvalue weighted by Crippen LogP contribution is -2.52. The number of urea groups is 1. The van der Waals surface area contributed by atoms with Crippen molar-refractivity contribution in [2.75, 3.05) is 13.7 Å². The number of esters is 1. The lowest BCUT2D eigenvalue weighted by atomic mass is 10.1. The van der Waals surface area contributed by atoms with E-state index in [1.54, 1.807) is 0 Å². The molecule has 0 spiro atoms. The summed E-state index contributed by atoms with van der Waals surface area (Å²) in [6.07, 6.45) is 0. The molecular weight excluding hydrogens is 202 g/mol. The Morgan fingerprint density at radius 3 is 2.60 bits per heavy atom. The SMILES string of the molecule is COC(=O)[C@@H](N)[C@@H](C)N1C(=O)CNC1=O. The first-order valence-corrected chi connectivity index (χ1v) is 4.42. The van der Waals surface area contributed by atoms with E-state index in [1.165, 1.54) is 14.0 Å². The lowest BCUT2D eigenvalue weighted by molar-refractivity contribution is -0.144. The Hall–Kier alpha value is -1.63. The van der Waals surface area contributed by atoms with Gasteiger partial charge in [0.05, 0.1) is 19.7 Å². The summed E-state index contributed by atoms with van der Waals surface area (Å²) in [4.78, 5) is 34.5. The van der Waals surface area contributed by atoms with E-state index in [0.29, 0.717) is 0 Å². The topological polar surface area (TPSA) is 102 Å². The maximum atomic E-state index is 11.3. The molecule has 1 aliphatic heterocycles. The third-order valence-electron chi connectivity index (χ3n) is 2.28. The van der Waals surface area contributed by atoms with E-state index in [2.05, 4.69) is 10.1 Å². The summed E-state index contributed by atoms with van der Waals surface area (Å²) >= 11 is 0. The van der Waals surface area contributed by atoms with Gasteiger partial charge in [0.1, 0.15) is 6.04 Å². The zero-order chi connectivity index (χ0) is 11.6. The number of nitrogens with two attached hydrogens (primary N) is 1. The average molecular weight is 215 g/mol. The number of amides is 3. The molecule has 1 aliphatic rings. The highest BCUT2D eigenvalue weighted by Gasteiger charge is 2.37. The van der Waals surface area contributed by atoms with Crippen molar-refractivity contribution in [1.29, 1.82) is 0 Å². The van der Waals surface area contributed by atoms with Gasteiger partial charge in [0.15, 0.2) is 0 Å². The molecule has 1 fully saturated rings. The minimum absolute atomic E-state index is 0.0585. The molecule has 7 nitrogen and oxygen atoms in total. The van der Waals surface area contributed by atoms with Crippen molar-refractivity contribution in [1.82, 2.24) is 10.2 Å². The summed E-state index contributed by atoms with van der Waals surface area (Å²) in [5.41, 5.74) is 5.53. The summed E-state index contributed by atoms with van der Waals surface area (Å²) in [6, 6.07) is -2.28. The summed E-state index contributed by atoms with van der Waals surface area (Å²) in [7, 11) is 1.20. The quantitative estimate of drug-likeness (QED) is 0.437. The van der Waals surface area contributed by atoms with Crippen LogP contribution in [0.1, 0.15) is 6.92 Å². The van der Waals surface area contributed by atoms with Crippen LogP contribution in [0.25, 0.3) is 0 Å². The molecule has 1 heterocycles. The highest BCUT2D eigenvalue weighted by atomic mass is 16.5. The maximum absolute atomic E-state index is 11.3. The fourth-order valence-electron chi connectivity index (χ4n) is 1.34. The number of methoxy groups -OCH3 is 1. The minimum Gasteiger partial charge on any atom is -0.468 e. The third kappa shape index (κ3) is 2.07. The molecule has 0 aliphatic carbocycles. The lowest BCUT2D eigenvalue weighted by Gasteiger charge is -2.24. The standard InChI is InChI=1S/C8H13N3O4/c1-4(6(9)7(13)15-2)11-5(12)3-10-8(11)14/h4,6H,3,9H2,1-2H3,(H,10,14)/t4-,6+/m1/s1. The molecule has 0 saturated carbocycles. The number of ether oxygens (including phenoxy) is 1. The summed E-state index contributed by atoms with van der Waals surface area (Å²) in [5.74, 6) is -1.05. The van der Waals surface area contributed by atoms with Crippen molar-refractivity contribution in [3.05, 3.63) is 0 Å². The number of rotatable bonds is 3. The van der Waals surface area contributed by atoms with Gasteiger partial charge in [-0.1, -0.05) is 0 Å². The minimum atomic E-state index is -1.03. The largest absolute Gasteiger partial charge is 0.468 e. The van der Waals surface area contributed by atoms with Gasteiger partial charge in [0.2, 0.25) is 5.91 Å². The number of nitrogens with one attached hydrogen (secondary N) is 1. The summed E-state index contributed by atoms with van der Waals surface area (Å²) in [5, 5.41) is 2.34. The number of carbonyl (C=O) groups is 3. The van der Waals surface area contributed by atoms with E-state index in [-0.39, 0.29) is 6.54 Å². The molecule has 0 radical (unpaired) electrons. The van der Waals surface area contributed by atoms with Crippen molar-refractivity contribution >= 4 is 17.9 Å². The zero-order valence-corrected chi connectivity index (χ0v) is 8.52. The molecular formula is C8H13N3O4. The Labute approximate surface area is 86.5 Å². The number of imide groups is 1. The third-order valence-corrected chi connectivity index (χ3v) is 2.28. The Morgan fingerprint density at radius 1 is 1.60 bits per heavy atom. The van der Waals surface area contributed by atoms with E-state index in [4.69, 9.17) is 5.73 Å². The molecule has 1 rings (SSSR count). The van der Waals surface area contributed by atoms with Crippen LogP contribution in [0.5, 0.6) is 0 Å². The van der Waals surface area contributed by atoms with Gasteiger partial charge in [-0.15, -0.1) is 0 Å². The first kappa shape index (κ1) is 11.4. The molecule has 0 aromatic carbocycles. The fraction of sp³-hybridized carbons (Fsp3) is 0.625. The van der Waals surface area contributed by atoms with Crippen LogP contribution in [-0.4, -0.2) is 48.5 Å². The predicted molar refractivity (Wildman–Crippen MR) is 49.7 cm³/mol. The monoisotopic (exact) mass is 215 g/mol. The molecule has 0 unspecified atom stereocenters. The fourth-order valence-corrected chi connectivity index (χ4v) is 1.34. The zero-order valence-electron chi connectivity index (χ0n) is 8.52. The normalized spacial score (nSPS) is 19.8. The molecule has 0 aromatic rings. The molecule has 7 heteroatoms. The van der Waals surface area contributed by atoms with Gasteiger partial charge in [0, 0.05) is 0 Å². The van der Waals surface area contributed by atoms with Crippen molar-refractivity contribution < 1.29 is 19.1 Å². The van der Waals surface area contributed by atoms with Crippen molar-refractivity contribution in [2.24, 2.45) is 5.73 Å². The molecule has 0 bridgehead atoms.